The van der Waals surface area contributed by atoms with E-state index in [4.69, 9.17) is 14.2 Å². The number of amides is 3. The third-order valence-electron chi connectivity index (χ3n) is 4.14. The predicted octanol–water partition coefficient (Wildman–Crippen LogP) is 1.62. The van der Waals surface area contributed by atoms with E-state index in [9.17, 15) is 14.4 Å². The number of ether oxygens (including phenoxy) is 3. The fourth-order valence-corrected chi connectivity index (χ4v) is 2.53. The summed E-state index contributed by atoms with van der Waals surface area (Å²) in [5.74, 6) is -1.22. The van der Waals surface area contributed by atoms with Gasteiger partial charge in [0.25, 0.3) is 5.91 Å². The quantitative estimate of drug-likeness (QED) is 0.204. The zero-order chi connectivity index (χ0) is 24.1. The normalized spacial score (nSPS) is 10.5. The van der Waals surface area contributed by atoms with Crippen LogP contribution in [0.15, 0.2) is 47.6 Å². The summed E-state index contributed by atoms with van der Waals surface area (Å²) in [6.07, 6.45) is 1.36. The minimum atomic E-state index is -0.896. The second kappa shape index (κ2) is 13.5. The highest BCUT2D eigenvalue weighted by Crippen LogP contribution is 2.28. The van der Waals surface area contributed by atoms with Crippen LogP contribution in [-0.4, -0.2) is 57.4 Å². The van der Waals surface area contributed by atoms with Crippen molar-refractivity contribution in [2.45, 2.75) is 13.8 Å². The Morgan fingerprint density at radius 1 is 1.00 bits per heavy atom. The van der Waals surface area contributed by atoms with E-state index >= 15 is 0 Å². The average molecular weight is 456 g/mol. The van der Waals surface area contributed by atoms with Crippen LogP contribution in [-0.2, 0) is 19.1 Å². The Hall–Kier alpha value is -3.92. The second-order valence-corrected chi connectivity index (χ2v) is 6.79. The summed E-state index contributed by atoms with van der Waals surface area (Å²) in [5, 5.41) is 8.92. The van der Waals surface area contributed by atoms with E-state index in [0.717, 1.165) is 5.56 Å². The molecule has 176 valence electrons. The summed E-state index contributed by atoms with van der Waals surface area (Å²) in [4.78, 5) is 35.4. The van der Waals surface area contributed by atoms with Gasteiger partial charge < -0.3 is 24.8 Å². The minimum absolute atomic E-state index is 0.199. The third-order valence-corrected chi connectivity index (χ3v) is 4.14. The lowest BCUT2D eigenvalue weighted by atomic mass is 10.2. The maximum atomic E-state index is 12.2. The molecule has 2 rings (SSSR count). The van der Waals surface area contributed by atoms with Crippen molar-refractivity contribution < 1.29 is 28.6 Å². The molecule has 0 aliphatic carbocycles. The zero-order valence-corrected chi connectivity index (χ0v) is 18.8. The molecule has 0 radical (unpaired) electrons. The number of hydrogen-bond acceptors (Lipinski definition) is 7. The molecular formula is C23H28N4O6. The first kappa shape index (κ1) is 25.3. The highest BCUT2D eigenvalue weighted by atomic mass is 16.5. The first-order valence-corrected chi connectivity index (χ1v) is 10.3. The number of carbonyl (C=O) groups is 3. The van der Waals surface area contributed by atoms with Gasteiger partial charge in [0.1, 0.15) is 0 Å². The molecule has 33 heavy (non-hydrogen) atoms. The molecule has 0 aliphatic heterocycles. The lowest BCUT2D eigenvalue weighted by Gasteiger charge is -2.12. The number of carbonyl (C=O) groups excluding carboxylic acids is 3. The first-order chi connectivity index (χ1) is 15.9. The van der Waals surface area contributed by atoms with Crippen LogP contribution in [0.5, 0.6) is 11.5 Å². The van der Waals surface area contributed by atoms with Crippen LogP contribution in [0.2, 0.25) is 0 Å². The van der Waals surface area contributed by atoms with E-state index in [0.29, 0.717) is 36.0 Å². The number of nitrogens with one attached hydrogen (secondary N) is 3. The molecule has 3 N–H and O–H groups in total. The Morgan fingerprint density at radius 2 is 1.76 bits per heavy atom. The smallest absolute Gasteiger partial charge is 0.329 e. The van der Waals surface area contributed by atoms with Crippen molar-refractivity contribution >= 4 is 29.6 Å². The molecule has 0 atom stereocenters. The molecule has 0 bridgehead atoms. The van der Waals surface area contributed by atoms with E-state index in [2.05, 4.69) is 21.2 Å². The van der Waals surface area contributed by atoms with Gasteiger partial charge in [0.05, 0.1) is 19.4 Å². The number of hydrogen-bond donors (Lipinski definition) is 3. The third kappa shape index (κ3) is 8.99. The number of anilines is 1. The van der Waals surface area contributed by atoms with Gasteiger partial charge in [-0.1, -0.05) is 17.7 Å². The van der Waals surface area contributed by atoms with Crippen LogP contribution < -0.4 is 25.5 Å². The molecule has 0 saturated carbocycles. The van der Waals surface area contributed by atoms with Crippen molar-refractivity contribution in [2.75, 3.05) is 38.8 Å². The van der Waals surface area contributed by atoms with Gasteiger partial charge in [-0.25, -0.2) is 5.43 Å². The number of aryl methyl sites for hydroxylation is 1. The Bertz CT molecular complexity index is 975. The standard InChI is InChI=1S/C23H28N4O6/c1-4-32-20-13-17(14-25-27-23(30)22(29)24-11-12-31-3)7-10-19(20)33-15-21(28)26-18-8-5-16(2)6-9-18/h5-10,13-14H,4,11-12,15H2,1-3H3,(H,24,29)(H,26,28)(H,27,30)/b25-14-. The van der Waals surface area contributed by atoms with Crippen molar-refractivity contribution in [1.29, 1.82) is 0 Å². The van der Waals surface area contributed by atoms with Gasteiger partial charge >= 0.3 is 11.8 Å². The van der Waals surface area contributed by atoms with Crippen LogP contribution in [0.3, 0.4) is 0 Å². The monoisotopic (exact) mass is 456 g/mol. The molecule has 0 aromatic heterocycles. The summed E-state index contributed by atoms with van der Waals surface area (Å²) in [6, 6.07) is 12.4. The number of nitrogens with zero attached hydrogens (tertiary/aromatic N) is 1. The molecule has 2 aromatic rings. The van der Waals surface area contributed by atoms with E-state index in [1.54, 1.807) is 18.2 Å². The van der Waals surface area contributed by atoms with Crippen LogP contribution in [0, 0.1) is 6.92 Å². The van der Waals surface area contributed by atoms with Crippen molar-refractivity contribution in [3.05, 3.63) is 53.6 Å². The summed E-state index contributed by atoms with van der Waals surface area (Å²) in [7, 11) is 1.49. The Kier molecular flexibility index (Phi) is 10.4. The Labute approximate surface area is 192 Å². The summed E-state index contributed by atoms with van der Waals surface area (Å²) in [6.45, 7) is 4.48. The molecule has 10 heteroatoms. The largest absolute Gasteiger partial charge is 0.490 e. The number of rotatable bonds is 11. The van der Waals surface area contributed by atoms with Crippen molar-refractivity contribution in [3.63, 3.8) is 0 Å². The van der Waals surface area contributed by atoms with Gasteiger partial charge in [-0.3, -0.25) is 14.4 Å². The van der Waals surface area contributed by atoms with Crippen LogP contribution >= 0.6 is 0 Å². The minimum Gasteiger partial charge on any atom is -0.490 e. The maximum absolute atomic E-state index is 12.2. The molecule has 0 aliphatic rings. The molecule has 0 saturated heterocycles. The molecule has 3 amide bonds. The van der Waals surface area contributed by atoms with Gasteiger partial charge in [-0.05, 0) is 49.7 Å². The molecule has 0 fully saturated rings. The van der Waals surface area contributed by atoms with E-state index in [1.807, 2.05) is 38.1 Å². The fourth-order valence-electron chi connectivity index (χ4n) is 2.53. The Balaban J connectivity index is 1.92. The van der Waals surface area contributed by atoms with E-state index in [1.165, 1.54) is 13.3 Å². The molecule has 2 aromatic carbocycles. The van der Waals surface area contributed by atoms with Gasteiger partial charge in [0.2, 0.25) is 0 Å². The zero-order valence-electron chi connectivity index (χ0n) is 18.8. The van der Waals surface area contributed by atoms with Crippen LogP contribution in [0.4, 0.5) is 5.69 Å². The van der Waals surface area contributed by atoms with E-state index < -0.39 is 11.8 Å². The average Bonchev–Trinajstić information content (AvgIpc) is 2.80. The fraction of sp³-hybridized carbons (Fsp3) is 0.304. The van der Waals surface area contributed by atoms with Crippen molar-refractivity contribution in [2.24, 2.45) is 5.10 Å². The number of methoxy groups -OCH3 is 1. The molecular weight excluding hydrogens is 428 g/mol. The number of hydrazone groups is 1. The SMILES string of the molecule is CCOc1cc(/C=N\NC(=O)C(=O)NCCOC)ccc1OCC(=O)Nc1ccc(C)cc1. The lowest BCUT2D eigenvalue weighted by Crippen LogP contribution is -2.39. The van der Waals surface area contributed by atoms with E-state index in [-0.39, 0.29) is 19.1 Å². The summed E-state index contributed by atoms with van der Waals surface area (Å²) in [5.41, 5.74) is 4.51. The topological polar surface area (TPSA) is 127 Å². The predicted molar refractivity (Wildman–Crippen MR) is 124 cm³/mol. The van der Waals surface area contributed by atoms with Gasteiger partial charge in [0.15, 0.2) is 18.1 Å². The molecule has 10 nitrogen and oxygen atoms in total. The van der Waals surface area contributed by atoms with Crippen molar-refractivity contribution in [3.8, 4) is 11.5 Å². The van der Waals surface area contributed by atoms with Gasteiger partial charge in [-0.2, -0.15) is 5.10 Å². The maximum Gasteiger partial charge on any atom is 0.329 e. The molecule has 0 heterocycles. The van der Waals surface area contributed by atoms with Crippen molar-refractivity contribution in [1.82, 2.24) is 10.7 Å². The lowest BCUT2D eigenvalue weighted by molar-refractivity contribution is -0.139. The first-order valence-electron chi connectivity index (χ1n) is 10.3. The second-order valence-electron chi connectivity index (χ2n) is 6.79. The highest BCUT2D eigenvalue weighted by molar-refractivity contribution is 6.35. The van der Waals surface area contributed by atoms with Crippen LogP contribution in [0.1, 0.15) is 18.1 Å². The van der Waals surface area contributed by atoms with Crippen LogP contribution in [0.25, 0.3) is 0 Å². The molecule has 0 spiro atoms. The molecule has 0 unspecified atom stereocenters. The van der Waals surface area contributed by atoms with Gasteiger partial charge in [-0.15, -0.1) is 0 Å². The summed E-state index contributed by atoms with van der Waals surface area (Å²) < 4.78 is 16.0. The summed E-state index contributed by atoms with van der Waals surface area (Å²) >= 11 is 0. The van der Waals surface area contributed by atoms with Gasteiger partial charge in [0, 0.05) is 19.3 Å². The Morgan fingerprint density at radius 3 is 2.45 bits per heavy atom. The number of benzene rings is 2. The highest BCUT2D eigenvalue weighted by Gasteiger charge is 2.12.